The maximum Gasteiger partial charge on any atom is 0.0587 e. The lowest BCUT2D eigenvalue weighted by Gasteiger charge is -2.45. The largest absolute Gasteiger partial charge is 0.379 e. The number of fused-ring (bicyclic) bond motifs is 1. The van der Waals surface area contributed by atoms with Gasteiger partial charge in [-0.25, -0.2) is 0 Å². The van der Waals surface area contributed by atoms with Crippen LogP contribution in [0, 0.1) is 0 Å². The van der Waals surface area contributed by atoms with E-state index in [1.165, 1.54) is 16.5 Å². The molecule has 3 rings (SSSR count). The second-order valence-electron chi connectivity index (χ2n) is 6.61. The molecule has 0 amide bonds. The molecule has 19 heavy (non-hydrogen) atoms. The number of rotatable bonds is 3. The standard InChI is InChI=1S/C16H22N2O/c1-15(2,17)9-16(10-19-11-16)13-8-18(3)14-7-5-4-6-12(13)14/h4-8H,9-11,17H2,1-3H3. The number of aromatic nitrogens is 1. The molecule has 0 atom stereocenters. The van der Waals surface area contributed by atoms with Crippen molar-refractivity contribution in [3.05, 3.63) is 36.0 Å². The molecule has 3 nitrogen and oxygen atoms in total. The van der Waals surface area contributed by atoms with Gasteiger partial charge in [-0.15, -0.1) is 0 Å². The van der Waals surface area contributed by atoms with Gasteiger partial charge in [-0.2, -0.15) is 0 Å². The molecule has 0 saturated carbocycles. The Hall–Kier alpha value is -1.32. The van der Waals surface area contributed by atoms with Crippen LogP contribution in [0.5, 0.6) is 0 Å². The second-order valence-corrected chi connectivity index (χ2v) is 6.61. The second kappa shape index (κ2) is 4.09. The van der Waals surface area contributed by atoms with Crippen molar-refractivity contribution in [3.63, 3.8) is 0 Å². The smallest absolute Gasteiger partial charge is 0.0587 e. The normalized spacial score (nSPS) is 18.5. The number of para-hydroxylation sites is 1. The molecule has 1 aliphatic heterocycles. The van der Waals surface area contributed by atoms with Crippen molar-refractivity contribution in [1.82, 2.24) is 4.57 Å². The van der Waals surface area contributed by atoms with Crippen LogP contribution in [0.2, 0.25) is 0 Å². The van der Waals surface area contributed by atoms with Crippen molar-refractivity contribution < 1.29 is 4.74 Å². The third kappa shape index (κ3) is 2.07. The first kappa shape index (κ1) is 12.7. The Kier molecular flexibility index (Phi) is 2.73. The van der Waals surface area contributed by atoms with Crippen LogP contribution in [-0.4, -0.2) is 23.3 Å². The van der Waals surface area contributed by atoms with Gasteiger partial charge in [0.25, 0.3) is 0 Å². The lowest BCUT2D eigenvalue weighted by Crippen LogP contribution is -2.53. The summed E-state index contributed by atoms with van der Waals surface area (Å²) in [6.45, 7) is 5.75. The van der Waals surface area contributed by atoms with E-state index in [4.69, 9.17) is 10.5 Å². The fraction of sp³-hybridized carbons (Fsp3) is 0.500. The van der Waals surface area contributed by atoms with Gasteiger partial charge in [-0.3, -0.25) is 0 Å². The Morgan fingerprint density at radius 3 is 2.58 bits per heavy atom. The molecular formula is C16H22N2O. The van der Waals surface area contributed by atoms with Crippen molar-refractivity contribution >= 4 is 10.9 Å². The van der Waals surface area contributed by atoms with E-state index in [1.807, 2.05) is 0 Å². The Morgan fingerprint density at radius 2 is 2.00 bits per heavy atom. The van der Waals surface area contributed by atoms with Crippen molar-refractivity contribution in [2.24, 2.45) is 12.8 Å². The summed E-state index contributed by atoms with van der Waals surface area (Å²) in [5.74, 6) is 0. The molecule has 0 unspecified atom stereocenters. The predicted octanol–water partition coefficient (Wildman–Crippen LogP) is 2.57. The third-order valence-electron chi connectivity index (χ3n) is 4.02. The minimum Gasteiger partial charge on any atom is -0.379 e. The molecule has 3 heteroatoms. The highest BCUT2D eigenvalue weighted by Crippen LogP contribution is 2.42. The molecule has 102 valence electrons. The lowest BCUT2D eigenvalue weighted by molar-refractivity contribution is -0.0712. The zero-order chi connectivity index (χ0) is 13.7. The van der Waals surface area contributed by atoms with Gasteiger partial charge in [0.2, 0.25) is 0 Å². The molecule has 0 spiro atoms. The molecule has 1 aliphatic rings. The van der Waals surface area contributed by atoms with Gasteiger partial charge in [0.15, 0.2) is 0 Å². The number of hydrogen-bond donors (Lipinski definition) is 1. The maximum absolute atomic E-state index is 6.26. The first-order valence-electron chi connectivity index (χ1n) is 6.83. The van der Waals surface area contributed by atoms with Crippen LogP contribution in [-0.2, 0) is 17.2 Å². The Morgan fingerprint density at radius 1 is 1.32 bits per heavy atom. The van der Waals surface area contributed by atoms with Gasteiger partial charge in [0.1, 0.15) is 0 Å². The van der Waals surface area contributed by atoms with Gasteiger partial charge in [-0.1, -0.05) is 18.2 Å². The van der Waals surface area contributed by atoms with Crippen molar-refractivity contribution in [2.45, 2.75) is 31.2 Å². The molecule has 1 aromatic carbocycles. The van der Waals surface area contributed by atoms with E-state index >= 15 is 0 Å². The number of nitrogens with two attached hydrogens (primary N) is 1. The van der Waals surface area contributed by atoms with Crippen LogP contribution in [0.15, 0.2) is 30.5 Å². The SMILES string of the molecule is Cn1cc(C2(CC(C)(C)N)COC2)c2ccccc21. The highest BCUT2D eigenvalue weighted by Gasteiger charge is 2.44. The number of hydrogen-bond acceptors (Lipinski definition) is 2. The van der Waals surface area contributed by atoms with E-state index in [0.717, 1.165) is 19.6 Å². The lowest BCUT2D eigenvalue weighted by atomic mass is 9.71. The average molecular weight is 258 g/mol. The van der Waals surface area contributed by atoms with Crippen LogP contribution in [0.25, 0.3) is 10.9 Å². The first-order valence-corrected chi connectivity index (χ1v) is 6.83. The number of ether oxygens (including phenoxy) is 1. The number of benzene rings is 1. The minimum atomic E-state index is -0.180. The molecule has 0 aliphatic carbocycles. The van der Waals surface area contributed by atoms with Crippen molar-refractivity contribution in [1.29, 1.82) is 0 Å². The Balaban J connectivity index is 2.12. The fourth-order valence-corrected chi connectivity index (χ4v) is 3.34. The fourth-order valence-electron chi connectivity index (χ4n) is 3.34. The topological polar surface area (TPSA) is 40.2 Å². The van der Waals surface area contributed by atoms with Gasteiger partial charge < -0.3 is 15.0 Å². The molecule has 2 aromatic rings. The van der Waals surface area contributed by atoms with E-state index < -0.39 is 0 Å². The number of aryl methyl sites for hydroxylation is 1. The molecule has 2 heterocycles. The van der Waals surface area contributed by atoms with Crippen LogP contribution < -0.4 is 5.73 Å². The van der Waals surface area contributed by atoms with E-state index in [2.05, 4.69) is 55.9 Å². The van der Waals surface area contributed by atoms with Crippen LogP contribution >= 0.6 is 0 Å². The minimum absolute atomic E-state index is 0.0825. The zero-order valence-electron chi connectivity index (χ0n) is 11.9. The monoisotopic (exact) mass is 258 g/mol. The maximum atomic E-state index is 6.26. The van der Waals surface area contributed by atoms with Gasteiger partial charge >= 0.3 is 0 Å². The van der Waals surface area contributed by atoms with Gasteiger partial charge in [-0.05, 0) is 31.9 Å². The third-order valence-corrected chi connectivity index (χ3v) is 4.02. The average Bonchev–Trinajstić information content (AvgIpc) is 2.62. The molecule has 0 radical (unpaired) electrons. The molecular weight excluding hydrogens is 236 g/mol. The summed E-state index contributed by atoms with van der Waals surface area (Å²) in [7, 11) is 2.10. The van der Waals surface area contributed by atoms with E-state index in [1.54, 1.807) is 0 Å². The summed E-state index contributed by atoms with van der Waals surface area (Å²) >= 11 is 0. The summed E-state index contributed by atoms with van der Waals surface area (Å²) in [5, 5.41) is 1.33. The van der Waals surface area contributed by atoms with E-state index in [0.29, 0.717) is 0 Å². The predicted molar refractivity (Wildman–Crippen MR) is 78.3 cm³/mol. The van der Waals surface area contributed by atoms with Crippen LogP contribution in [0.1, 0.15) is 25.8 Å². The van der Waals surface area contributed by atoms with Crippen molar-refractivity contribution in [2.75, 3.05) is 13.2 Å². The molecule has 1 fully saturated rings. The molecule has 2 N–H and O–H groups in total. The Labute approximate surface area is 114 Å². The first-order chi connectivity index (χ1) is 8.91. The summed E-state index contributed by atoms with van der Waals surface area (Å²) in [6, 6.07) is 8.56. The summed E-state index contributed by atoms with van der Waals surface area (Å²) in [4.78, 5) is 0. The summed E-state index contributed by atoms with van der Waals surface area (Å²) in [5.41, 5.74) is 8.82. The van der Waals surface area contributed by atoms with Gasteiger partial charge in [0.05, 0.1) is 13.2 Å². The Bertz CT molecular complexity index is 603. The number of nitrogens with zero attached hydrogens (tertiary/aromatic N) is 1. The highest BCUT2D eigenvalue weighted by atomic mass is 16.5. The van der Waals surface area contributed by atoms with Crippen molar-refractivity contribution in [3.8, 4) is 0 Å². The van der Waals surface area contributed by atoms with Crippen LogP contribution in [0.3, 0.4) is 0 Å². The zero-order valence-corrected chi connectivity index (χ0v) is 11.9. The quantitative estimate of drug-likeness (QED) is 0.919. The van der Waals surface area contributed by atoms with Crippen LogP contribution in [0.4, 0.5) is 0 Å². The summed E-state index contributed by atoms with van der Waals surface area (Å²) in [6.07, 6.45) is 3.20. The molecule has 0 bridgehead atoms. The highest BCUT2D eigenvalue weighted by molar-refractivity contribution is 5.85. The van der Waals surface area contributed by atoms with Gasteiger partial charge in [0, 0.05) is 35.1 Å². The van der Waals surface area contributed by atoms with E-state index in [-0.39, 0.29) is 11.0 Å². The molecule has 1 saturated heterocycles. The summed E-state index contributed by atoms with van der Waals surface area (Å²) < 4.78 is 7.73. The van der Waals surface area contributed by atoms with E-state index in [9.17, 15) is 0 Å². The molecule has 1 aromatic heterocycles.